The molecule has 0 fully saturated rings. The second-order valence-corrected chi connectivity index (χ2v) is 10.2. The summed E-state index contributed by atoms with van der Waals surface area (Å²) in [4.78, 5) is 26.0. The molecule has 1 amide bonds. The van der Waals surface area contributed by atoms with Gasteiger partial charge in [-0.3, -0.25) is 4.79 Å². The minimum atomic E-state index is -4.22. The van der Waals surface area contributed by atoms with Crippen molar-refractivity contribution < 1.29 is 22.7 Å². The van der Waals surface area contributed by atoms with Crippen LogP contribution in [0.5, 0.6) is 0 Å². The van der Waals surface area contributed by atoms with Crippen LogP contribution >= 0.6 is 0 Å². The van der Waals surface area contributed by atoms with E-state index in [1.807, 2.05) is 37.3 Å². The van der Waals surface area contributed by atoms with Gasteiger partial charge in [0.1, 0.15) is 5.52 Å². The molecule has 0 saturated heterocycles. The van der Waals surface area contributed by atoms with Crippen molar-refractivity contribution >= 4 is 43.7 Å². The second kappa shape index (κ2) is 9.47. The summed E-state index contributed by atoms with van der Waals surface area (Å²) in [5, 5.41) is 11.4. The van der Waals surface area contributed by atoms with Crippen LogP contribution in [0.3, 0.4) is 0 Å². The zero-order valence-electron chi connectivity index (χ0n) is 20.0. The van der Waals surface area contributed by atoms with Crippen molar-refractivity contribution in [2.75, 3.05) is 7.11 Å². The van der Waals surface area contributed by atoms with Gasteiger partial charge in [-0.25, -0.2) is 17.2 Å². The van der Waals surface area contributed by atoms with Gasteiger partial charge in [-0.2, -0.15) is 0 Å². The number of carbonyl (C=O) groups excluding carboxylic acids is 2. The van der Waals surface area contributed by atoms with Crippen molar-refractivity contribution in [2.24, 2.45) is 0 Å². The van der Waals surface area contributed by atoms with E-state index in [4.69, 9.17) is 4.74 Å². The molecule has 0 aliphatic heterocycles. The van der Waals surface area contributed by atoms with Gasteiger partial charge in [0, 0.05) is 17.3 Å². The molecular formula is C27H22N4O5S. The molecular weight excluding hydrogens is 492 g/mol. The fourth-order valence-electron chi connectivity index (χ4n) is 4.18. The number of methoxy groups -OCH3 is 1. The highest BCUT2D eigenvalue weighted by Gasteiger charge is 2.31. The van der Waals surface area contributed by atoms with Gasteiger partial charge in [-0.1, -0.05) is 66.2 Å². The highest BCUT2D eigenvalue weighted by molar-refractivity contribution is 7.90. The Bertz CT molecular complexity index is 1760. The number of hydrogen-bond donors (Lipinski definition) is 1. The number of aromatic nitrogens is 3. The molecule has 2 heterocycles. The van der Waals surface area contributed by atoms with E-state index in [0.29, 0.717) is 5.39 Å². The normalized spacial score (nSPS) is 11.5. The number of ether oxygens (including phenoxy) is 1. The quantitative estimate of drug-likeness (QED) is 0.342. The Labute approximate surface area is 212 Å². The lowest BCUT2D eigenvalue weighted by Gasteiger charge is -2.12. The van der Waals surface area contributed by atoms with Crippen molar-refractivity contribution in [3.05, 3.63) is 101 Å². The van der Waals surface area contributed by atoms with Crippen LogP contribution < -0.4 is 5.32 Å². The molecule has 0 bridgehead atoms. The van der Waals surface area contributed by atoms with E-state index in [1.165, 1.54) is 19.2 Å². The minimum absolute atomic E-state index is 0.0211. The van der Waals surface area contributed by atoms with E-state index in [9.17, 15) is 18.0 Å². The van der Waals surface area contributed by atoms with Crippen molar-refractivity contribution in [3.8, 4) is 0 Å². The van der Waals surface area contributed by atoms with Gasteiger partial charge in [0.2, 0.25) is 0 Å². The Hall–Kier alpha value is -4.57. The van der Waals surface area contributed by atoms with E-state index < -0.39 is 21.9 Å². The molecule has 9 nitrogen and oxygen atoms in total. The van der Waals surface area contributed by atoms with E-state index in [1.54, 1.807) is 36.4 Å². The van der Waals surface area contributed by atoms with E-state index >= 15 is 0 Å². The molecule has 5 aromatic rings. The lowest BCUT2D eigenvalue weighted by atomic mass is 10.1. The molecule has 0 unspecified atom stereocenters. The first-order chi connectivity index (χ1) is 17.8. The van der Waals surface area contributed by atoms with Gasteiger partial charge in [0.15, 0.2) is 11.4 Å². The zero-order chi connectivity index (χ0) is 26.2. The molecule has 186 valence electrons. The van der Waals surface area contributed by atoms with Gasteiger partial charge in [0.05, 0.1) is 17.5 Å². The number of para-hydroxylation sites is 1. The predicted molar refractivity (Wildman–Crippen MR) is 138 cm³/mol. The fraction of sp³-hybridized carbons (Fsp3) is 0.111. The summed E-state index contributed by atoms with van der Waals surface area (Å²) in [7, 11) is -3.03. The summed E-state index contributed by atoms with van der Waals surface area (Å²) in [5.41, 5.74) is 1.54. The molecule has 1 N–H and O–H groups in total. The number of benzene rings is 3. The lowest BCUT2D eigenvalue weighted by Crippen LogP contribution is -2.26. The van der Waals surface area contributed by atoms with Gasteiger partial charge in [-0.05, 0) is 30.7 Å². The van der Waals surface area contributed by atoms with Crippen molar-refractivity contribution in [1.29, 1.82) is 0 Å². The molecule has 10 heteroatoms. The van der Waals surface area contributed by atoms with Gasteiger partial charge in [0.25, 0.3) is 15.9 Å². The van der Waals surface area contributed by atoms with Crippen LogP contribution in [0.15, 0.2) is 83.8 Å². The number of aryl methyl sites for hydroxylation is 1. The SMILES string of the molecule is COC(=O)c1nnc(C(=O)NCc2ccccc2)c2c1c1ccccc1n2S(=O)(=O)c1ccc(C)cc1. The van der Waals surface area contributed by atoms with Crippen LogP contribution in [0.4, 0.5) is 0 Å². The van der Waals surface area contributed by atoms with Gasteiger partial charge in [-0.15, -0.1) is 10.2 Å². The van der Waals surface area contributed by atoms with Crippen LogP contribution in [-0.2, 0) is 21.3 Å². The summed E-state index contributed by atoms with van der Waals surface area (Å²) in [5.74, 6) is -1.44. The Kier molecular flexibility index (Phi) is 6.18. The standard InChI is InChI=1S/C27H22N4O5S/c1-17-12-14-19(15-13-17)37(34,35)31-21-11-7-6-10-20(21)22-23(27(33)36-2)29-30-24(25(22)31)26(32)28-16-18-8-4-3-5-9-18/h3-15H,16H2,1-2H3,(H,28,32). The number of amides is 1. The average molecular weight is 515 g/mol. The highest BCUT2D eigenvalue weighted by atomic mass is 32.2. The number of esters is 1. The first-order valence-corrected chi connectivity index (χ1v) is 12.8. The van der Waals surface area contributed by atoms with Crippen LogP contribution in [0.1, 0.15) is 32.1 Å². The number of nitrogens with zero attached hydrogens (tertiary/aromatic N) is 3. The first-order valence-electron chi connectivity index (χ1n) is 11.4. The number of nitrogens with one attached hydrogen (secondary N) is 1. The summed E-state index contributed by atoms with van der Waals surface area (Å²) < 4.78 is 34.0. The zero-order valence-corrected chi connectivity index (χ0v) is 20.8. The smallest absolute Gasteiger partial charge is 0.359 e. The fourth-order valence-corrected chi connectivity index (χ4v) is 5.71. The molecule has 0 aliphatic carbocycles. The van der Waals surface area contributed by atoms with E-state index in [0.717, 1.165) is 15.1 Å². The number of fused-ring (bicyclic) bond motifs is 3. The predicted octanol–water partition coefficient (Wildman–Crippen LogP) is 3.85. The Morgan fingerprint density at radius 3 is 2.24 bits per heavy atom. The maximum absolute atomic E-state index is 14.0. The van der Waals surface area contributed by atoms with Crippen molar-refractivity contribution in [2.45, 2.75) is 18.4 Å². The van der Waals surface area contributed by atoms with Crippen molar-refractivity contribution in [3.63, 3.8) is 0 Å². The van der Waals surface area contributed by atoms with Gasteiger partial charge < -0.3 is 10.1 Å². The summed E-state index contributed by atoms with van der Waals surface area (Å²) in [6.45, 7) is 2.04. The summed E-state index contributed by atoms with van der Waals surface area (Å²) in [6, 6.07) is 22.3. The minimum Gasteiger partial charge on any atom is -0.464 e. The third-order valence-corrected chi connectivity index (χ3v) is 7.72. The molecule has 0 aliphatic rings. The summed E-state index contributed by atoms with van der Waals surface area (Å²) in [6.07, 6.45) is 0. The van der Waals surface area contributed by atoms with Crippen molar-refractivity contribution in [1.82, 2.24) is 19.5 Å². The Balaban J connectivity index is 1.81. The van der Waals surface area contributed by atoms with Crippen LogP contribution in [0.2, 0.25) is 0 Å². The van der Waals surface area contributed by atoms with E-state index in [2.05, 4.69) is 15.5 Å². The molecule has 0 spiro atoms. The molecule has 5 rings (SSSR count). The maximum Gasteiger partial charge on any atom is 0.359 e. The topological polar surface area (TPSA) is 120 Å². The molecule has 3 aromatic carbocycles. The average Bonchev–Trinajstić information content (AvgIpc) is 3.28. The van der Waals surface area contributed by atoms with Gasteiger partial charge >= 0.3 is 5.97 Å². The first kappa shape index (κ1) is 24.1. The monoisotopic (exact) mass is 514 g/mol. The molecule has 37 heavy (non-hydrogen) atoms. The number of hydrogen-bond acceptors (Lipinski definition) is 7. The van der Waals surface area contributed by atoms with Crippen LogP contribution in [0, 0.1) is 6.92 Å². The largest absolute Gasteiger partial charge is 0.464 e. The lowest BCUT2D eigenvalue weighted by molar-refractivity contribution is 0.0594. The summed E-state index contributed by atoms with van der Waals surface area (Å²) >= 11 is 0. The molecule has 0 atom stereocenters. The third-order valence-electron chi connectivity index (χ3n) is 5.99. The Morgan fingerprint density at radius 1 is 0.892 bits per heavy atom. The number of rotatable bonds is 6. The Morgan fingerprint density at radius 2 is 1.54 bits per heavy atom. The molecule has 0 radical (unpaired) electrons. The van der Waals surface area contributed by atoms with Crippen LogP contribution in [0.25, 0.3) is 21.8 Å². The highest BCUT2D eigenvalue weighted by Crippen LogP contribution is 2.35. The number of carbonyl (C=O) groups is 2. The third kappa shape index (κ3) is 4.21. The molecule has 0 saturated carbocycles. The van der Waals surface area contributed by atoms with Crippen LogP contribution in [-0.4, -0.2) is 41.6 Å². The maximum atomic E-state index is 14.0. The van der Waals surface area contributed by atoms with E-state index in [-0.39, 0.29) is 39.2 Å². The second-order valence-electron chi connectivity index (χ2n) is 8.38. The molecule has 2 aromatic heterocycles.